The van der Waals surface area contributed by atoms with Crippen molar-refractivity contribution in [1.29, 1.82) is 5.26 Å². The van der Waals surface area contributed by atoms with Crippen LogP contribution < -0.4 is 10.2 Å². The Morgan fingerprint density at radius 2 is 2.10 bits per heavy atom. The van der Waals surface area contributed by atoms with Gasteiger partial charge in [-0.15, -0.1) is 4.40 Å². The van der Waals surface area contributed by atoms with Crippen LogP contribution in [0.25, 0.3) is 0 Å². The molecule has 1 aromatic carbocycles. The first-order chi connectivity index (χ1) is 13.8. The molecular formula is C18H18N4O5S2. The number of thioether (sulfide) groups is 1. The van der Waals surface area contributed by atoms with Gasteiger partial charge in [0.2, 0.25) is 0 Å². The van der Waals surface area contributed by atoms with Crippen molar-refractivity contribution in [2.75, 3.05) is 23.8 Å². The quantitative estimate of drug-likeness (QED) is 0.704. The fourth-order valence-electron chi connectivity index (χ4n) is 3.62. The highest BCUT2D eigenvalue weighted by molar-refractivity contribution is 8.15. The maximum atomic E-state index is 12.3. The number of nitriles is 1. The van der Waals surface area contributed by atoms with Gasteiger partial charge >= 0.3 is 5.97 Å². The second kappa shape index (κ2) is 7.35. The third-order valence-corrected chi connectivity index (χ3v) is 7.40. The van der Waals surface area contributed by atoms with Gasteiger partial charge < -0.3 is 15.0 Å². The molecule has 11 heteroatoms. The Morgan fingerprint density at radius 1 is 1.34 bits per heavy atom. The number of benzene rings is 1. The predicted octanol–water partition coefficient (Wildman–Crippen LogP) is 1.41. The van der Waals surface area contributed by atoms with Crippen molar-refractivity contribution in [2.45, 2.75) is 36.1 Å². The van der Waals surface area contributed by atoms with Crippen LogP contribution in [0.15, 0.2) is 27.5 Å². The van der Waals surface area contributed by atoms with Crippen LogP contribution in [-0.4, -0.2) is 49.9 Å². The molecule has 0 spiro atoms. The van der Waals surface area contributed by atoms with E-state index in [1.165, 1.54) is 11.8 Å². The average Bonchev–Trinajstić information content (AvgIpc) is 3.28. The minimum atomic E-state index is -3.45. The summed E-state index contributed by atoms with van der Waals surface area (Å²) in [6, 6.07) is 7.03. The lowest BCUT2D eigenvalue weighted by atomic mass is 10.00. The number of anilines is 1. The minimum absolute atomic E-state index is 0.0560. The maximum Gasteiger partial charge on any atom is 0.338 e. The smallest absolute Gasteiger partial charge is 0.338 e. The Kier molecular flexibility index (Phi) is 5.00. The normalized spacial score (nSPS) is 20.8. The van der Waals surface area contributed by atoms with Gasteiger partial charge in [0.05, 0.1) is 23.1 Å². The van der Waals surface area contributed by atoms with Crippen LogP contribution in [0.1, 0.15) is 36.0 Å². The van der Waals surface area contributed by atoms with Gasteiger partial charge in [-0.1, -0.05) is 0 Å². The van der Waals surface area contributed by atoms with E-state index in [1.807, 2.05) is 0 Å². The molecule has 3 aliphatic rings. The SMILES string of the molecule is N#CC1(NC(=O)COC(=O)c2ccc3c(c2)SC2=NS(=O)(=O)CCN23)CCCC1. The monoisotopic (exact) mass is 434 g/mol. The van der Waals surface area contributed by atoms with E-state index in [0.29, 0.717) is 29.4 Å². The fourth-order valence-corrected chi connectivity index (χ4v) is 5.91. The van der Waals surface area contributed by atoms with Crippen LogP contribution in [0.5, 0.6) is 0 Å². The van der Waals surface area contributed by atoms with Crippen molar-refractivity contribution >= 4 is 44.5 Å². The zero-order chi connectivity index (χ0) is 20.6. The van der Waals surface area contributed by atoms with Crippen molar-refractivity contribution in [2.24, 2.45) is 4.40 Å². The molecule has 1 amide bonds. The molecule has 4 rings (SSSR count). The van der Waals surface area contributed by atoms with Crippen LogP contribution in [0.3, 0.4) is 0 Å². The maximum absolute atomic E-state index is 12.3. The van der Waals surface area contributed by atoms with Crippen molar-refractivity contribution in [3.8, 4) is 6.07 Å². The van der Waals surface area contributed by atoms with Crippen LogP contribution in [-0.2, 0) is 19.6 Å². The molecule has 2 heterocycles. The number of fused-ring (bicyclic) bond motifs is 3. The van der Waals surface area contributed by atoms with Crippen molar-refractivity contribution in [1.82, 2.24) is 5.32 Å². The van der Waals surface area contributed by atoms with Crippen LogP contribution >= 0.6 is 11.8 Å². The number of hydrogen-bond acceptors (Lipinski definition) is 8. The summed E-state index contributed by atoms with van der Waals surface area (Å²) in [5.74, 6) is -1.23. The first-order valence-electron chi connectivity index (χ1n) is 9.12. The van der Waals surface area contributed by atoms with Crippen molar-refractivity contribution in [3.05, 3.63) is 23.8 Å². The molecule has 1 aromatic rings. The lowest BCUT2D eigenvalue weighted by molar-refractivity contribution is -0.125. The topological polar surface area (TPSA) is 129 Å². The highest BCUT2D eigenvalue weighted by Crippen LogP contribution is 2.42. The lowest BCUT2D eigenvalue weighted by Crippen LogP contribution is -2.46. The Bertz CT molecular complexity index is 1050. The zero-order valence-corrected chi connectivity index (χ0v) is 17.0. The summed E-state index contributed by atoms with van der Waals surface area (Å²) in [5.41, 5.74) is 0.179. The summed E-state index contributed by atoms with van der Waals surface area (Å²) in [6.07, 6.45) is 2.96. The summed E-state index contributed by atoms with van der Waals surface area (Å²) in [5, 5.41) is 12.3. The number of rotatable bonds is 4. The van der Waals surface area contributed by atoms with Gasteiger partial charge in [-0.2, -0.15) is 5.26 Å². The molecule has 1 fully saturated rings. The fraction of sp³-hybridized carbons (Fsp3) is 0.444. The Hall–Kier alpha value is -2.58. The van der Waals surface area contributed by atoms with E-state index < -0.39 is 34.0 Å². The average molecular weight is 434 g/mol. The van der Waals surface area contributed by atoms with Crippen molar-refractivity contribution < 1.29 is 22.7 Å². The van der Waals surface area contributed by atoms with Gasteiger partial charge in [0, 0.05) is 11.4 Å². The van der Waals surface area contributed by atoms with E-state index in [-0.39, 0.29) is 11.3 Å². The molecule has 0 saturated heterocycles. The van der Waals surface area contributed by atoms with E-state index in [0.717, 1.165) is 18.5 Å². The molecule has 1 saturated carbocycles. The van der Waals surface area contributed by atoms with Crippen molar-refractivity contribution in [3.63, 3.8) is 0 Å². The van der Waals surface area contributed by atoms with Gasteiger partial charge in [-0.25, -0.2) is 13.2 Å². The minimum Gasteiger partial charge on any atom is -0.452 e. The van der Waals surface area contributed by atoms with E-state index >= 15 is 0 Å². The standard InChI is InChI=1S/C18H18N4O5S2/c19-11-18(5-1-2-6-18)20-15(23)10-27-16(24)12-3-4-13-14(9-12)28-17-21-29(25,26)8-7-22(13)17/h3-4,9H,1-2,5-8,10H2,(H,20,23). The molecule has 0 radical (unpaired) electrons. The van der Waals surface area contributed by atoms with E-state index in [1.54, 1.807) is 23.1 Å². The number of ether oxygens (including phenoxy) is 1. The van der Waals surface area contributed by atoms with Crippen LogP contribution in [0, 0.1) is 11.3 Å². The molecular weight excluding hydrogens is 416 g/mol. The van der Waals surface area contributed by atoms with Crippen LogP contribution in [0.4, 0.5) is 5.69 Å². The number of esters is 1. The molecule has 2 aliphatic heterocycles. The number of hydrogen-bond donors (Lipinski definition) is 1. The zero-order valence-electron chi connectivity index (χ0n) is 15.4. The lowest BCUT2D eigenvalue weighted by Gasteiger charge is -2.22. The molecule has 0 aromatic heterocycles. The largest absolute Gasteiger partial charge is 0.452 e. The number of nitrogens with zero attached hydrogens (tertiary/aromatic N) is 3. The van der Waals surface area contributed by atoms with Gasteiger partial charge in [-0.05, 0) is 55.6 Å². The van der Waals surface area contributed by atoms with Gasteiger partial charge in [0.15, 0.2) is 11.8 Å². The Morgan fingerprint density at radius 3 is 2.83 bits per heavy atom. The third kappa shape index (κ3) is 3.95. The number of nitrogens with one attached hydrogen (secondary N) is 1. The summed E-state index contributed by atoms with van der Waals surface area (Å²) in [6.45, 7) is -0.157. The van der Waals surface area contributed by atoms with Gasteiger partial charge in [-0.3, -0.25) is 4.79 Å². The number of amidine groups is 1. The molecule has 152 valence electrons. The van der Waals surface area contributed by atoms with Gasteiger partial charge in [0.1, 0.15) is 5.54 Å². The van der Waals surface area contributed by atoms with Crippen LogP contribution in [0.2, 0.25) is 0 Å². The highest BCUT2D eigenvalue weighted by atomic mass is 32.2. The summed E-state index contributed by atoms with van der Waals surface area (Å²) in [4.78, 5) is 26.9. The predicted molar refractivity (Wildman–Crippen MR) is 106 cm³/mol. The molecule has 0 atom stereocenters. The Labute approximate surface area is 172 Å². The number of carbonyl (C=O) groups excluding carboxylic acids is 2. The first kappa shape index (κ1) is 19.7. The number of amides is 1. The molecule has 29 heavy (non-hydrogen) atoms. The second-order valence-corrected chi connectivity index (χ2v) is 9.89. The number of carbonyl (C=O) groups is 2. The Balaban J connectivity index is 1.40. The van der Waals surface area contributed by atoms with E-state index in [2.05, 4.69) is 15.8 Å². The van der Waals surface area contributed by atoms with Gasteiger partial charge in [0.25, 0.3) is 15.9 Å². The molecule has 1 N–H and O–H groups in total. The molecule has 0 bridgehead atoms. The molecule has 9 nitrogen and oxygen atoms in total. The highest BCUT2D eigenvalue weighted by Gasteiger charge is 2.36. The van der Waals surface area contributed by atoms with E-state index in [4.69, 9.17) is 4.74 Å². The molecule has 1 aliphatic carbocycles. The number of sulfonamides is 1. The second-order valence-electron chi connectivity index (χ2n) is 7.12. The summed E-state index contributed by atoms with van der Waals surface area (Å²) >= 11 is 1.18. The first-order valence-corrected chi connectivity index (χ1v) is 11.5. The molecule has 0 unspecified atom stereocenters. The summed E-state index contributed by atoms with van der Waals surface area (Å²) < 4.78 is 32.2. The summed E-state index contributed by atoms with van der Waals surface area (Å²) in [7, 11) is -3.45. The van der Waals surface area contributed by atoms with E-state index in [9.17, 15) is 23.3 Å². The third-order valence-electron chi connectivity index (χ3n) is 5.09.